The molecule has 0 aliphatic carbocycles. The van der Waals surface area contributed by atoms with Gasteiger partial charge in [-0.05, 0) is 5.41 Å². The van der Waals surface area contributed by atoms with Gasteiger partial charge in [0.1, 0.15) is 6.04 Å². The van der Waals surface area contributed by atoms with Crippen molar-refractivity contribution < 1.29 is 24.2 Å². The number of urea groups is 1. The predicted octanol–water partition coefficient (Wildman–Crippen LogP) is 0.448. The Morgan fingerprint density at radius 2 is 1.84 bits per heavy atom. The van der Waals surface area contributed by atoms with E-state index < -0.39 is 23.5 Å². The monoisotopic (exact) mass is 276 g/mol. The Morgan fingerprint density at radius 1 is 1.21 bits per heavy atom. The van der Waals surface area contributed by atoms with Crippen LogP contribution in [-0.2, 0) is 14.3 Å². The minimum absolute atomic E-state index is 0.312. The molecule has 0 aromatic heterocycles. The number of hydrogen-bond donors (Lipinski definition) is 3. The molecule has 0 aromatic rings. The van der Waals surface area contributed by atoms with Crippen LogP contribution in [0.3, 0.4) is 0 Å². The lowest BCUT2D eigenvalue weighted by Gasteiger charge is -2.27. The van der Waals surface area contributed by atoms with Crippen molar-refractivity contribution in [1.82, 2.24) is 10.6 Å². The van der Waals surface area contributed by atoms with Crippen molar-refractivity contribution in [1.29, 1.82) is 0 Å². The molecule has 0 unspecified atom stereocenters. The summed E-state index contributed by atoms with van der Waals surface area (Å²) in [7, 11) is 1.58. The number of nitrogens with one attached hydrogen (secondary N) is 2. The number of aliphatic carboxylic acids is 1. The van der Waals surface area contributed by atoms with E-state index in [1.807, 2.05) is 0 Å². The van der Waals surface area contributed by atoms with Gasteiger partial charge in [-0.2, -0.15) is 0 Å². The van der Waals surface area contributed by atoms with E-state index in [2.05, 4.69) is 10.6 Å². The van der Waals surface area contributed by atoms with Crippen LogP contribution < -0.4 is 10.6 Å². The van der Waals surface area contributed by atoms with Crippen LogP contribution in [0.15, 0.2) is 0 Å². The van der Waals surface area contributed by atoms with Gasteiger partial charge in [-0.25, -0.2) is 9.59 Å². The van der Waals surface area contributed by atoms with Gasteiger partial charge in [-0.1, -0.05) is 20.8 Å². The number of ether oxygens (including phenoxy) is 2. The third kappa shape index (κ3) is 8.39. The van der Waals surface area contributed by atoms with E-state index in [1.54, 1.807) is 27.9 Å². The topological polar surface area (TPSA) is 96.9 Å². The minimum atomic E-state index is -1.06. The third-order valence-corrected chi connectivity index (χ3v) is 2.35. The first-order chi connectivity index (χ1) is 8.79. The molecule has 7 heteroatoms. The molecule has 0 aliphatic rings. The van der Waals surface area contributed by atoms with Crippen LogP contribution >= 0.6 is 0 Å². The van der Waals surface area contributed by atoms with Gasteiger partial charge in [0, 0.05) is 13.7 Å². The Bertz CT molecular complexity index is 288. The Balaban J connectivity index is 3.92. The quantitative estimate of drug-likeness (QED) is 0.559. The molecule has 112 valence electrons. The fourth-order valence-corrected chi connectivity index (χ4v) is 1.31. The number of carboxylic acids is 1. The van der Waals surface area contributed by atoms with Crippen molar-refractivity contribution in [2.24, 2.45) is 5.41 Å². The molecule has 0 saturated heterocycles. The summed E-state index contributed by atoms with van der Waals surface area (Å²) in [6, 6.07) is -1.46. The van der Waals surface area contributed by atoms with Crippen LogP contribution in [0, 0.1) is 5.41 Å². The molecule has 3 N–H and O–H groups in total. The number of methoxy groups -OCH3 is 1. The van der Waals surface area contributed by atoms with E-state index in [4.69, 9.17) is 14.6 Å². The van der Waals surface area contributed by atoms with Crippen molar-refractivity contribution in [3.8, 4) is 0 Å². The molecule has 0 fully saturated rings. The second kappa shape index (κ2) is 8.71. The van der Waals surface area contributed by atoms with Crippen molar-refractivity contribution in [3.05, 3.63) is 0 Å². The number of amides is 2. The van der Waals surface area contributed by atoms with Gasteiger partial charge in [0.15, 0.2) is 0 Å². The summed E-state index contributed by atoms with van der Waals surface area (Å²) in [6.07, 6.45) is 0. The van der Waals surface area contributed by atoms with Gasteiger partial charge in [-0.15, -0.1) is 0 Å². The lowest BCUT2D eigenvalue weighted by Crippen LogP contribution is -2.52. The van der Waals surface area contributed by atoms with Crippen LogP contribution in [0.25, 0.3) is 0 Å². The van der Waals surface area contributed by atoms with Crippen LogP contribution in [0.1, 0.15) is 20.8 Å². The highest BCUT2D eigenvalue weighted by Crippen LogP contribution is 2.19. The maximum absolute atomic E-state index is 11.5. The average Bonchev–Trinajstić information content (AvgIpc) is 2.28. The number of hydrogen-bond acceptors (Lipinski definition) is 4. The standard InChI is InChI=1S/C12H24N2O5/c1-12(2,3)9(10(15)16)14-11(17)13-5-6-19-8-7-18-4/h9H,5-8H2,1-4H3,(H,15,16)(H2,13,14,17)/t9-/m0/s1. The van der Waals surface area contributed by atoms with Crippen molar-refractivity contribution in [2.45, 2.75) is 26.8 Å². The zero-order valence-electron chi connectivity index (χ0n) is 12.0. The van der Waals surface area contributed by atoms with E-state index in [1.165, 1.54) is 0 Å². The van der Waals surface area contributed by atoms with Gasteiger partial charge >= 0.3 is 12.0 Å². The molecule has 0 bridgehead atoms. The van der Waals surface area contributed by atoms with Crippen molar-refractivity contribution in [2.75, 3.05) is 33.5 Å². The molecule has 0 aromatic carbocycles. The fourth-order valence-electron chi connectivity index (χ4n) is 1.31. The normalized spacial score (nSPS) is 12.8. The molecule has 0 rings (SSSR count). The van der Waals surface area contributed by atoms with Gasteiger partial charge in [0.25, 0.3) is 0 Å². The Labute approximate surface area is 113 Å². The largest absolute Gasteiger partial charge is 0.480 e. The maximum atomic E-state index is 11.5. The molecule has 1 atom stereocenters. The molecule has 0 heterocycles. The summed E-state index contributed by atoms with van der Waals surface area (Å²) in [5.41, 5.74) is -0.557. The summed E-state index contributed by atoms with van der Waals surface area (Å²) in [4.78, 5) is 22.6. The zero-order valence-corrected chi connectivity index (χ0v) is 12.0. The fraction of sp³-hybridized carbons (Fsp3) is 0.833. The lowest BCUT2D eigenvalue weighted by molar-refractivity contribution is -0.141. The second-order valence-corrected chi connectivity index (χ2v) is 5.14. The number of carbonyl (C=O) groups is 2. The van der Waals surface area contributed by atoms with E-state index in [9.17, 15) is 9.59 Å². The second-order valence-electron chi connectivity index (χ2n) is 5.14. The van der Waals surface area contributed by atoms with Crippen molar-refractivity contribution in [3.63, 3.8) is 0 Å². The minimum Gasteiger partial charge on any atom is -0.480 e. The van der Waals surface area contributed by atoms with Crippen LogP contribution in [0.5, 0.6) is 0 Å². The molecular weight excluding hydrogens is 252 g/mol. The molecule has 0 radical (unpaired) electrons. The van der Waals surface area contributed by atoms with Crippen LogP contribution in [-0.4, -0.2) is 56.6 Å². The molecular formula is C12H24N2O5. The molecule has 2 amide bonds. The van der Waals surface area contributed by atoms with Crippen LogP contribution in [0.4, 0.5) is 4.79 Å². The van der Waals surface area contributed by atoms with E-state index in [0.29, 0.717) is 26.4 Å². The molecule has 0 aliphatic heterocycles. The summed E-state index contributed by atoms with van der Waals surface area (Å²) in [5.74, 6) is -1.06. The number of carbonyl (C=O) groups excluding carboxylic acids is 1. The molecule has 7 nitrogen and oxygen atoms in total. The number of rotatable bonds is 8. The van der Waals surface area contributed by atoms with Crippen molar-refractivity contribution >= 4 is 12.0 Å². The zero-order chi connectivity index (χ0) is 14.9. The van der Waals surface area contributed by atoms with Gasteiger partial charge in [0.2, 0.25) is 0 Å². The summed E-state index contributed by atoms with van der Waals surface area (Å²) >= 11 is 0. The molecule has 19 heavy (non-hydrogen) atoms. The Hall–Kier alpha value is -1.34. The predicted molar refractivity (Wildman–Crippen MR) is 70.1 cm³/mol. The van der Waals surface area contributed by atoms with E-state index in [-0.39, 0.29) is 0 Å². The van der Waals surface area contributed by atoms with Gasteiger partial charge < -0.3 is 25.2 Å². The summed E-state index contributed by atoms with van der Waals surface area (Å²) < 4.78 is 9.96. The summed E-state index contributed by atoms with van der Waals surface area (Å²) in [5, 5.41) is 14.0. The van der Waals surface area contributed by atoms with Gasteiger partial charge in [0.05, 0.1) is 19.8 Å². The first kappa shape index (κ1) is 17.7. The molecule has 0 spiro atoms. The molecule has 0 saturated carbocycles. The highest BCUT2D eigenvalue weighted by Gasteiger charge is 2.32. The van der Waals surface area contributed by atoms with E-state index >= 15 is 0 Å². The van der Waals surface area contributed by atoms with Crippen LogP contribution in [0.2, 0.25) is 0 Å². The Kier molecular flexibility index (Phi) is 8.09. The summed E-state index contributed by atoms with van der Waals surface area (Å²) in [6.45, 7) is 6.87. The smallest absolute Gasteiger partial charge is 0.326 e. The maximum Gasteiger partial charge on any atom is 0.326 e. The van der Waals surface area contributed by atoms with E-state index in [0.717, 1.165) is 0 Å². The lowest BCUT2D eigenvalue weighted by atomic mass is 9.87. The first-order valence-electron chi connectivity index (χ1n) is 6.13. The van der Waals surface area contributed by atoms with Gasteiger partial charge in [-0.3, -0.25) is 0 Å². The first-order valence-corrected chi connectivity index (χ1v) is 6.13. The number of carboxylic acid groups (broad SMARTS) is 1. The average molecular weight is 276 g/mol. The highest BCUT2D eigenvalue weighted by molar-refractivity contribution is 5.83. The SMILES string of the molecule is COCCOCCNC(=O)N[C@@H](C(=O)O)C(C)(C)C. The highest BCUT2D eigenvalue weighted by atomic mass is 16.5. The Morgan fingerprint density at radius 3 is 2.32 bits per heavy atom. The third-order valence-electron chi connectivity index (χ3n) is 2.35.